The first-order chi connectivity index (χ1) is 9.66. The van der Waals surface area contributed by atoms with Crippen molar-refractivity contribution >= 4 is 11.6 Å². The molecule has 0 radical (unpaired) electrons. The van der Waals surface area contributed by atoms with Crippen molar-refractivity contribution in [3.63, 3.8) is 0 Å². The maximum atomic E-state index is 12.8. The topological polar surface area (TPSA) is 32.3 Å². The summed E-state index contributed by atoms with van der Waals surface area (Å²) in [5.74, 6) is -0.294. The average Bonchev–Trinajstić information content (AvgIpc) is 2.46. The van der Waals surface area contributed by atoms with Gasteiger partial charge < -0.3 is 10.4 Å². The number of rotatable bonds is 6. The van der Waals surface area contributed by atoms with Crippen LogP contribution in [-0.4, -0.2) is 11.7 Å². The van der Waals surface area contributed by atoms with Gasteiger partial charge in [-0.2, -0.15) is 0 Å². The van der Waals surface area contributed by atoms with E-state index in [0.717, 1.165) is 16.1 Å². The highest BCUT2D eigenvalue weighted by atomic mass is 35.5. The Morgan fingerprint density at radius 1 is 1.10 bits per heavy atom. The van der Waals surface area contributed by atoms with Gasteiger partial charge in [-0.25, -0.2) is 4.39 Å². The van der Waals surface area contributed by atoms with Gasteiger partial charge in [-0.05, 0) is 42.3 Å². The van der Waals surface area contributed by atoms with Gasteiger partial charge >= 0.3 is 0 Å². The third kappa shape index (κ3) is 4.30. The van der Waals surface area contributed by atoms with Crippen molar-refractivity contribution in [1.82, 2.24) is 5.32 Å². The zero-order valence-corrected chi connectivity index (χ0v) is 11.8. The highest BCUT2D eigenvalue weighted by Gasteiger charge is 2.07. The van der Waals surface area contributed by atoms with Crippen molar-refractivity contribution in [2.75, 3.05) is 6.54 Å². The van der Waals surface area contributed by atoms with E-state index >= 15 is 0 Å². The fourth-order valence-corrected chi connectivity index (χ4v) is 2.16. The molecule has 0 aliphatic rings. The zero-order chi connectivity index (χ0) is 14.4. The molecule has 0 saturated carbocycles. The van der Waals surface area contributed by atoms with Gasteiger partial charge in [0.15, 0.2) is 0 Å². The van der Waals surface area contributed by atoms with Crippen LogP contribution in [0.15, 0.2) is 48.5 Å². The molecule has 0 aliphatic heterocycles. The molecule has 2 nitrogen and oxygen atoms in total. The maximum absolute atomic E-state index is 12.8. The highest BCUT2D eigenvalue weighted by Crippen LogP contribution is 2.17. The van der Waals surface area contributed by atoms with Gasteiger partial charge in [0.1, 0.15) is 5.82 Å². The summed E-state index contributed by atoms with van der Waals surface area (Å²) < 4.78 is 12.8. The average molecular weight is 294 g/mol. The Bertz CT molecular complexity index is 544. The van der Waals surface area contributed by atoms with Crippen molar-refractivity contribution in [2.24, 2.45) is 0 Å². The molecule has 2 aromatic rings. The van der Waals surface area contributed by atoms with E-state index in [1.54, 1.807) is 12.1 Å². The molecule has 0 saturated heterocycles. The van der Waals surface area contributed by atoms with Gasteiger partial charge in [0, 0.05) is 11.6 Å². The fourth-order valence-electron chi connectivity index (χ4n) is 1.96. The summed E-state index contributed by atoms with van der Waals surface area (Å²) in [7, 11) is 0. The van der Waals surface area contributed by atoms with Crippen molar-refractivity contribution in [3.8, 4) is 0 Å². The molecule has 0 amide bonds. The summed E-state index contributed by atoms with van der Waals surface area (Å²) in [5.41, 5.74) is 1.76. The summed E-state index contributed by atoms with van der Waals surface area (Å²) in [6, 6.07) is 13.6. The molecule has 0 aromatic heterocycles. The quantitative estimate of drug-likeness (QED) is 0.796. The van der Waals surface area contributed by atoms with Crippen LogP contribution in [0.1, 0.15) is 23.7 Å². The first-order valence-electron chi connectivity index (χ1n) is 6.54. The van der Waals surface area contributed by atoms with Crippen molar-refractivity contribution in [3.05, 3.63) is 70.5 Å². The second-order valence-electron chi connectivity index (χ2n) is 4.62. The van der Waals surface area contributed by atoms with Crippen LogP contribution in [0.3, 0.4) is 0 Å². The largest absolute Gasteiger partial charge is 0.388 e. The number of hydrogen-bond acceptors (Lipinski definition) is 2. The Balaban J connectivity index is 1.76. The lowest BCUT2D eigenvalue weighted by atomic mass is 10.1. The molecule has 1 atom stereocenters. The molecule has 0 spiro atoms. The summed E-state index contributed by atoms with van der Waals surface area (Å²) in [6.07, 6.45) is -0.0230. The van der Waals surface area contributed by atoms with Gasteiger partial charge in [-0.1, -0.05) is 41.9 Å². The second-order valence-corrected chi connectivity index (χ2v) is 5.03. The summed E-state index contributed by atoms with van der Waals surface area (Å²) in [4.78, 5) is 0. The predicted octanol–water partition coefficient (Wildman–Crippen LogP) is 3.69. The number of benzene rings is 2. The van der Waals surface area contributed by atoms with Gasteiger partial charge in [0.25, 0.3) is 0 Å². The smallest absolute Gasteiger partial charge is 0.123 e. The van der Waals surface area contributed by atoms with E-state index in [1.165, 1.54) is 12.1 Å². The SMILES string of the molecule is OC(CCNCc1ccccc1Cl)c1ccc(F)cc1. The molecule has 2 rings (SSSR count). The first kappa shape index (κ1) is 15.0. The number of aliphatic hydroxyl groups excluding tert-OH is 1. The lowest BCUT2D eigenvalue weighted by Gasteiger charge is -2.12. The van der Waals surface area contributed by atoms with E-state index in [2.05, 4.69) is 5.32 Å². The van der Waals surface area contributed by atoms with E-state index < -0.39 is 6.10 Å². The lowest BCUT2D eigenvalue weighted by molar-refractivity contribution is 0.166. The van der Waals surface area contributed by atoms with E-state index in [9.17, 15) is 9.50 Å². The minimum Gasteiger partial charge on any atom is -0.388 e. The van der Waals surface area contributed by atoms with E-state index in [0.29, 0.717) is 19.5 Å². The van der Waals surface area contributed by atoms with Crippen LogP contribution in [0.4, 0.5) is 4.39 Å². The monoisotopic (exact) mass is 293 g/mol. The molecule has 2 N–H and O–H groups in total. The van der Waals surface area contributed by atoms with E-state index in [1.807, 2.05) is 24.3 Å². The Morgan fingerprint density at radius 3 is 2.50 bits per heavy atom. The predicted molar refractivity (Wildman–Crippen MR) is 79.1 cm³/mol. The standard InChI is InChI=1S/C16H17ClFNO/c17-15-4-2-1-3-13(15)11-19-10-9-16(20)12-5-7-14(18)8-6-12/h1-8,16,19-20H,9-11H2. The van der Waals surface area contributed by atoms with Gasteiger partial charge in [-0.3, -0.25) is 0 Å². The van der Waals surface area contributed by atoms with Crippen LogP contribution in [0.5, 0.6) is 0 Å². The number of hydrogen-bond donors (Lipinski definition) is 2. The third-order valence-corrected chi connectivity index (χ3v) is 3.49. The van der Waals surface area contributed by atoms with Crippen molar-refractivity contribution in [1.29, 1.82) is 0 Å². The van der Waals surface area contributed by atoms with Gasteiger partial charge in [0.2, 0.25) is 0 Å². The molecule has 1 unspecified atom stereocenters. The van der Waals surface area contributed by atoms with Crippen LogP contribution in [0.2, 0.25) is 5.02 Å². The molecular weight excluding hydrogens is 277 g/mol. The fraction of sp³-hybridized carbons (Fsp3) is 0.250. The van der Waals surface area contributed by atoms with Crippen LogP contribution in [0.25, 0.3) is 0 Å². The normalized spacial score (nSPS) is 12.3. The molecule has 20 heavy (non-hydrogen) atoms. The summed E-state index contributed by atoms with van der Waals surface area (Å²) in [6.45, 7) is 1.32. The van der Waals surface area contributed by atoms with Crippen molar-refractivity contribution in [2.45, 2.75) is 19.1 Å². The Hall–Kier alpha value is -1.42. The molecule has 4 heteroatoms. The van der Waals surface area contributed by atoms with E-state index in [-0.39, 0.29) is 5.82 Å². The molecule has 0 bridgehead atoms. The maximum Gasteiger partial charge on any atom is 0.123 e. The Labute approximate surface area is 123 Å². The number of nitrogens with one attached hydrogen (secondary N) is 1. The molecular formula is C16H17ClFNO. The zero-order valence-electron chi connectivity index (χ0n) is 11.0. The first-order valence-corrected chi connectivity index (χ1v) is 6.92. The molecule has 106 valence electrons. The molecule has 2 aromatic carbocycles. The van der Waals surface area contributed by atoms with Crippen LogP contribution in [0, 0.1) is 5.82 Å². The van der Waals surface area contributed by atoms with E-state index in [4.69, 9.17) is 11.6 Å². The van der Waals surface area contributed by atoms with Crippen LogP contribution >= 0.6 is 11.6 Å². The highest BCUT2D eigenvalue weighted by molar-refractivity contribution is 6.31. The second kappa shape index (κ2) is 7.39. The minimum atomic E-state index is -0.589. The van der Waals surface area contributed by atoms with Crippen molar-refractivity contribution < 1.29 is 9.50 Å². The minimum absolute atomic E-state index is 0.294. The lowest BCUT2D eigenvalue weighted by Crippen LogP contribution is -2.17. The van der Waals surface area contributed by atoms with Crippen LogP contribution in [-0.2, 0) is 6.54 Å². The summed E-state index contributed by atoms with van der Waals surface area (Å²) in [5, 5.41) is 13.9. The van der Waals surface area contributed by atoms with Gasteiger partial charge in [0.05, 0.1) is 6.10 Å². The number of halogens is 2. The Morgan fingerprint density at radius 2 is 1.80 bits per heavy atom. The molecule has 0 aliphatic carbocycles. The third-order valence-electron chi connectivity index (χ3n) is 3.12. The van der Waals surface area contributed by atoms with Gasteiger partial charge in [-0.15, -0.1) is 0 Å². The number of aliphatic hydroxyl groups is 1. The Kier molecular flexibility index (Phi) is 5.53. The molecule has 0 heterocycles. The molecule has 0 fully saturated rings. The summed E-state index contributed by atoms with van der Waals surface area (Å²) >= 11 is 6.05. The van der Waals surface area contributed by atoms with Crippen LogP contribution < -0.4 is 5.32 Å².